The van der Waals surface area contributed by atoms with E-state index in [-0.39, 0.29) is 11.3 Å². The maximum absolute atomic E-state index is 13.6. The van der Waals surface area contributed by atoms with Crippen LogP contribution >= 0.6 is 11.6 Å². The van der Waals surface area contributed by atoms with Gasteiger partial charge in [0.15, 0.2) is 0 Å². The lowest BCUT2D eigenvalue weighted by atomic mass is 9.64. The van der Waals surface area contributed by atoms with Gasteiger partial charge in [-0.15, -0.1) is 0 Å². The predicted octanol–water partition coefficient (Wildman–Crippen LogP) is 6.28. The fourth-order valence-corrected chi connectivity index (χ4v) is 5.61. The summed E-state index contributed by atoms with van der Waals surface area (Å²) in [6, 6.07) is 6.54. The molecule has 1 unspecified atom stereocenters. The van der Waals surface area contributed by atoms with E-state index < -0.39 is 17.7 Å². The van der Waals surface area contributed by atoms with E-state index in [1.54, 1.807) is 32.9 Å². The van der Waals surface area contributed by atoms with Gasteiger partial charge in [0, 0.05) is 36.0 Å². The zero-order chi connectivity index (χ0) is 25.5. The van der Waals surface area contributed by atoms with Gasteiger partial charge in [-0.25, -0.2) is 4.79 Å². The highest BCUT2D eigenvalue weighted by Gasteiger charge is 2.43. The molecule has 1 aromatic rings. The molecule has 35 heavy (non-hydrogen) atoms. The average Bonchev–Trinajstić information content (AvgIpc) is 2.83. The lowest BCUT2D eigenvalue weighted by molar-refractivity contribution is -0.136. The number of nitrogens with zero attached hydrogens (tertiary/aromatic N) is 4. The molecule has 8 nitrogen and oxygen atoms in total. The largest absolute Gasteiger partial charge is 0.444 e. The van der Waals surface area contributed by atoms with Gasteiger partial charge in [-0.1, -0.05) is 48.1 Å². The van der Waals surface area contributed by atoms with Crippen molar-refractivity contribution in [3.8, 4) is 0 Å². The van der Waals surface area contributed by atoms with Gasteiger partial charge in [-0.3, -0.25) is 4.79 Å². The predicted molar refractivity (Wildman–Crippen MR) is 137 cm³/mol. The molecule has 1 aliphatic heterocycles. The molecule has 1 saturated carbocycles. The van der Waals surface area contributed by atoms with E-state index in [9.17, 15) is 9.59 Å². The topological polar surface area (TPSA) is 107 Å². The van der Waals surface area contributed by atoms with Crippen molar-refractivity contribution in [2.75, 3.05) is 19.6 Å². The van der Waals surface area contributed by atoms with Gasteiger partial charge in [0.05, 0.1) is 0 Å². The molecular weight excluding hydrogens is 466 g/mol. The number of amides is 2. The highest BCUT2D eigenvalue weighted by atomic mass is 35.5. The number of nitrogens with one attached hydrogen (secondary N) is 1. The standard InChI is InChI=1S/C26H38ClN5O3/c1-25(2,3)35-24(34)30-22(17-19-9-11-21(27)12-10-19)23(33)32-15-13-26(14-16-32,18-29-31-28)20-7-5-4-6-8-20/h9-12,20,22H,4-8,13-18H2,1-3H3,(H,30,34). The molecular formula is C26H38ClN5O3. The molecule has 1 heterocycles. The van der Waals surface area contributed by atoms with Crippen molar-refractivity contribution in [2.24, 2.45) is 16.4 Å². The maximum atomic E-state index is 13.6. The van der Waals surface area contributed by atoms with Crippen LogP contribution in [0.4, 0.5) is 4.79 Å². The van der Waals surface area contributed by atoms with E-state index in [0.29, 0.717) is 37.0 Å². The summed E-state index contributed by atoms with van der Waals surface area (Å²) in [6.07, 6.45) is 7.37. The Labute approximate surface area is 213 Å². The summed E-state index contributed by atoms with van der Waals surface area (Å²) in [5, 5.41) is 7.39. The van der Waals surface area contributed by atoms with Gasteiger partial charge in [0.2, 0.25) is 5.91 Å². The molecule has 3 rings (SSSR count). The number of ether oxygens (including phenoxy) is 1. The summed E-state index contributed by atoms with van der Waals surface area (Å²) in [4.78, 5) is 31.1. The third kappa shape index (κ3) is 7.77. The molecule has 0 spiro atoms. The number of benzene rings is 1. The number of azide groups is 1. The van der Waals surface area contributed by atoms with Crippen LogP contribution in [-0.4, -0.2) is 48.2 Å². The normalized spacial score (nSPS) is 19.4. The third-order valence-corrected chi connectivity index (χ3v) is 7.59. The summed E-state index contributed by atoms with van der Waals surface area (Å²) >= 11 is 6.02. The number of hydrogen-bond acceptors (Lipinski definition) is 4. The minimum absolute atomic E-state index is 0.0479. The van der Waals surface area contributed by atoms with Crippen molar-refractivity contribution in [1.82, 2.24) is 10.2 Å². The summed E-state index contributed by atoms with van der Waals surface area (Å²) in [5.41, 5.74) is 9.17. The van der Waals surface area contributed by atoms with Crippen LogP contribution in [0.3, 0.4) is 0 Å². The Hall–Kier alpha value is -2.44. The lowest BCUT2D eigenvalue weighted by Gasteiger charge is -2.48. The number of carbonyl (C=O) groups excluding carboxylic acids is 2. The van der Waals surface area contributed by atoms with Crippen molar-refractivity contribution in [1.29, 1.82) is 0 Å². The zero-order valence-corrected chi connectivity index (χ0v) is 21.9. The van der Waals surface area contributed by atoms with Gasteiger partial charge in [-0.05, 0) is 81.0 Å². The van der Waals surface area contributed by atoms with Crippen LogP contribution in [-0.2, 0) is 16.0 Å². The second-order valence-electron chi connectivity index (χ2n) is 10.9. The second kappa shape index (κ2) is 12.0. The van der Waals surface area contributed by atoms with Gasteiger partial charge in [0.1, 0.15) is 11.6 Å². The Morgan fingerprint density at radius 1 is 1.20 bits per heavy atom. The van der Waals surface area contributed by atoms with Crippen molar-refractivity contribution < 1.29 is 14.3 Å². The monoisotopic (exact) mass is 503 g/mol. The number of alkyl carbamates (subject to hydrolysis) is 1. The van der Waals surface area contributed by atoms with Crippen molar-refractivity contribution in [2.45, 2.75) is 83.8 Å². The highest BCUT2D eigenvalue weighted by Crippen LogP contribution is 2.46. The van der Waals surface area contributed by atoms with Gasteiger partial charge in [0.25, 0.3) is 0 Å². The van der Waals surface area contributed by atoms with Crippen LogP contribution in [0.1, 0.15) is 71.3 Å². The molecule has 192 valence electrons. The summed E-state index contributed by atoms with van der Waals surface area (Å²) < 4.78 is 5.43. The number of carbonyl (C=O) groups is 2. The maximum Gasteiger partial charge on any atom is 0.408 e. The van der Waals surface area contributed by atoms with Gasteiger partial charge < -0.3 is 15.0 Å². The fraction of sp³-hybridized carbons (Fsp3) is 0.692. The summed E-state index contributed by atoms with van der Waals surface area (Å²) in [7, 11) is 0. The molecule has 0 aromatic heterocycles. The minimum atomic E-state index is -0.745. The molecule has 1 aliphatic carbocycles. The van der Waals surface area contributed by atoms with E-state index in [1.165, 1.54) is 19.3 Å². The van der Waals surface area contributed by atoms with Crippen LogP contribution in [0.2, 0.25) is 5.02 Å². The molecule has 1 saturated heterocycles. The number of likely N-dealkylation sites (tertiary alicyclic amines) is 1. The lowest BCUT2D eigenvalue weighted by Crippen LogP contribution is -2.55. The zero-order valence-electron chi connectivity index (χ0n) is 21.1. The first-order chi connectivity index (χ1) is 16.6. The van der Waals surface area contributed by atoms with E-state index >= 15 is 0 Å². The molecule has 9 heteroatoms. The van der Waals surface area contributed by atoms with E-state index in [1.807, 2.05) is 17.0 Å². The Kier molecular flexibility index (Phi) is 9.31. The molecule has 1 aromatic carbocycles. The summed E-state index contributed by atoms with van der Waals surface area (Å²) in [6.45, 7) is 7.04. The smallest absolute Gasteiger partial charge is 0.408 e. The number of halogens is 1. The van der Waals surface area contributed by atoms with Crippen molar-refractivity contribution in [3.05, 3.63) is 45.3 Å². The SMILES string of the molecule is CC(C)(C)OC(=O)NC(Cc1ccc(Cl)cc1)C(=O)N1CCC(CN=[N+]=[N-])(C2CCCCC2)CC1. The molecule has 2 amide bonds. The Bertz CT molecular complexity index is 910. The molecule has 0 radical (unpaired) electrons. The second-order valence-corrected chi connectivity index (χ2v) is 11.4. The quantitative estimate of drug-likeness (QED) is 0.269. The Morgan fingerprint density at radius 3 is 2.40 bits per heavy atom. The van der Waals surface area contributed by atoms with Gasteiger partial charge >= 0.3 is 6.09 Å². The van der Waals surface area contributed by atoms with Crippen LogP contribution < -0.4 is 5.32 Å². The third-order valence-electron chi connectivity index (χ3n) is 7.33. The van der Waals surface area contributed by atoms with E-state index in [0.717, 1.165) is 31.2 Å². The van der Waals surface area contributed by atoms with Crippen LogP contribution in [0.15, 0.2) is 29.4 Å². The fourth-order valence-electron chi connectivity index (χ4n) is 5.48. The molecule has 2 fully saturated rings. The number of rotatable bonds is 7. The molecule has 1 N–H and O–H groups in total. The van der Waals surface area contributed by atoms with Crippen LogP contribution in [0.25, 0.3) is 10.4 Å². The van der Waals surface area contributed by atoms with Crippen LogP contribution in [0, 0.1) is 11.3 Å². The molecule has 1 atom stereocenters. The van der Waals surface area contributed by atoms with E-state index in [4.69, 9.17) is 21.9 Å². The first kappa shape index (κ1) is 27.2. The first-order valence-electron chi connectivity index (χ1n) is 12.7. The molecule has 2 aliphatic rings. The Balaban J connectivity index is 1.73. The van der Waals surface area contributed by atoms with Crippen LogP contribution in [0.5, 0.6) is 0 Å². The molecule has 0 bridgehead atoms. The van der Waals surface area contributed by atoms with Gasteiger partial charge in [-0.2, -0.15) is 0 Å². The average molecular weight is 504 g/mol. The highest BCUT2D eigenvalue weighted by molar-refractivity contribution is 6.30. The Morgan fingerprint density at radius 2 is 1.83 bits per heavy atom. The summed E-state index contributed by atoms with van der Waals surface area (Å²) in [5.74, 6) is 0.413. The minimum Gasteiger partial charge on any atom is -0.444 e. The number of piperidine rings is 1. The van der Waals surface area contributed by atoms with E-state index in [2.05, 4.69) is 15.3 Å². The first-order valence-corrected chi connectivity index (χ1v) is 13.0. The van der Waals surface area contributed by atoms with Crippen molar-refractivity contribution in [3.63, 3.8) is 0 Å². The number of hydrogen-bond donors (Lipinski definition) is 1. The van der Waals surface area contributed by atoms with Crippen molar-refractivity contribution >= 4 is 23.6 Å².